The van der Waals surface area contributed by atoms with Crippen LogP contribution in [-0.4, -0.2) is 57.3 Å². The van der Waals surface area contributed by atoms with E-state index >= 15 is 0 Å². The van der Waals surface area contributed by atoms with E-state index in [0.717, 1.165) is 55.5 Å². The van der Waals surface area contributed by atoms with Gasteiger partial charge in [0.15, 0.2) is 5.82 Å². The summed E-state index contributed by atoms with van der Waals surface area (Å²) in [7, 11) is 0. The van der Waals surface area contributed by atoms with Crippen LogP contribution in [-0.2, 0) is 14.3 Å². The fraction of sp³-hybridized carbons (Fsp3) is 0.717. The first-order valence-electron chi connectivity index (χ1n) is 20.8. The number of nitrogens with two attached hydrogens (primary N) is 1. The molecule has 4 fully saturated rings. The Morgan fingerprint density at radius 3 is 2.43 bits per heavy atom. The number of hydrogen-bond acceptors (Lipinski definition) is 6. The van der Waals surface area contributed by atoms with E-state index in [2.05, 4.69) is 98.7 Å². The quantitative estimate of drug-likeness (QED) is 0.234. The van der Waals surface area contributed by atoms with E-state index in [1.165, 1.54) is 5.57 Å². The van der Waals surface area contributed by atoms with Crippen molar-refractivity contribution in [1.29, 1.82) is 0 Å². The van der Waals surface area contributed by atoms with Gasteiger partial charge in [0.25, 0.3) is 0 Å². The number of nitrogens with zero attached hydrogens (tertiary/aromatic N) is 3. The zero-order chi connectivity index (χ0) is 39.2. The number of rotatable bonds is 10. The van der Waals surface area contributed by atoms with E-state index in [-0.39, 0.29) is 51.1 Å². The number of carbonyl (C=O) groups is 1. The highest BCUT2D eigenvalue weighted by atomic mass is 16.5. The molecule has 8 nitrogen and oxygen atoms in total. The minimum atomic E-state index is -0.626. The molecule has 4 aliphatic carbocycles. The maximum atomic E-state index is 13.6. The summed E-state index contributed by atoms with van der Waals surface area (Å²) in [5, 5.41) is 16.1. The molecular formula is C46H68N4O4. The third kappa shape index (κ3) is 5.57. The van der Waals surface area contributed by atoms with Crippen molar-refractivity contribution in [2.75, 3.05) is 19.8 Å². The molecule has 2 aromatic rings. The van der Waals surface area contributed by atoms with Crippen LogP contribution in [0.15, 0.2) is 54.9 Å². The van der Waals surface area contributed by atoms with Gasteiger partial charge in [-0.25, -0.2) is 9.67 Å². The highest BCUT2D eigenvalue weighted by molar-refractivity contribution is 5.74. The Kier molecular flexibility index (Phi) is 9.79. The molecule has 7 rings (SSSR count). The van der Waals surface area contributed by atoms with Crippen LogP contribution in [0.3, 0.4) is 0 Å². The van der Waals surface area contributed by atoms with Gasteiger partial charge < -0.3 is 20.3 Å². The van der Waals surface area contributed by atoms with E-state index in [0.29, 0.717) is 37.6 Å². The molecule has 0 unspecified atom stereocenters. The predicted octanol–water partition coefficient (Wildman–Crippen LogP) is 9.23. The maximum absolute atomic E-state index is 13.6. The molecule has 1 aliphatic heterocycles. The smallest absolute Gasteiger partial charge is 0.307 e. The molecule has 8 heteroatoms. The van der Waals surface area contributed by atoms with Crippen LogP contribution in [0.1, 0.15) is 125 Å². The average molecular weight is 741 g/mol. The number of allylic oxidation sites excluding steroid dienone is 1. The minimum Gasteiger partial charge on any atom is -0.481 e. The van der Waals surface area contributed by atoms with Crippen molar-refractivity contribution >= 4 is 11.5 Å². The lowest BCUT2D eigenvalue weighted by atomic mass is 9.34. The Hall–Kier alpha value is -2.81. The van der Waals surface area contributed by atoms with Crippen molar-refractivity contribution in [2.24, 2.45) is 68.3 Å². The number of benzene rings is 1. The van der Waals surface area contributed by atoms with Crippen LogP contribution in [0.25, 0.3) is 5.57 Å². The van der Waals surface area contributed by atoms with E-state index in [1.54, 1.807) is 6.33 Å². The summed E-state index contributed by atoms with van der Waals surface area (Å²) in [6.07, 6.45) is 9.62. The lowest BCUT2D eigenvalue weighted by molar-refractivity contribution is -0.252. The van der Waals surface area contributed by atoms with Crippen LogP contribution < -0.4 is 5.73 Å². The number of fused-ring (bicyclic) bond motifs is 3. The topological polar surface area (TPSA) is 112 Å². The number of carboxylic acids is 1. The van der Waals surface area contributed by atoms with Crippen LogP contribution in [0, 0.1) is 62.6 Å². The van der Waals surface area contributed by atoms with Crippen molar-refractivity contribution in [3.8, 4) is 0 Å². The lowest BCUT2D eigenvalue weighted by Gasteiger charge is -2.71. The highest BCUT2D eigenvalue weighted by Gasteiger charge is 2.72. The number of aromatic nitrogens is 3. The fourth-order valence-corrected chi connectivity index (χ4v) is 13.0. The highest BCUT2D eigenvalue weighted by Crippen LogP contribution is 2.75. The molecule has 1 saturated heterocycles. The molecule has 3 saturated carbocycles. The van der Waals surface area contributed by atoms with E-state index < -0.39 is 17.4 Å². The van der Waals surface area contributed by atoms with Gasteiger partial charge in [0.2, 0.25) is 0 Å². The Balaban J connectivity index is 1.35. The normalized spacial score (nSPS) is 40.5. The van der Waals surface area contributed by atoms with Crippen molar-refractivity contribution in [1.82, 2.24) is 14.8 Å². The largest absolute Gasteiger partial charge is 0.481 e. The van der Waals surface area contributed by atoms with Gasteiger partial charge in [0.1, 0.15) is 6.33 Å². The van der Waals surface area contributed by atoms with Crippen LogP contribution in [0.5, 0.6) is 0 Å². The van der Waals surface area contributed by atoms with Crippen molar-refractivity contribution < 1.29 is 19.4 Å². The van der Waals surface area contributed by atoms with Crippen molar-refractivity contribution in [3.63, 3.8) is 0 Å². The maximum Gasteiger partial charge on any atom is 0.307 e. The number of carboxylic acid groups (broad SMARTS) is 1. The second kappa shape index (κ2) is 13.4. The van der Waals surface area contributed by atoms with Crippen LogP contribution in [0.4, 0.5) is 0 Å². The second-order valence-electron chi connectivity index (χ2n) is 20.4. The molecule has 54 heavy (non-hydrogen) atoms. The summed E-state index contributed by atoms with van der Waals surface area (Å²) in [5.41, 5.74) is 8.39. The van der Waals surface area contributed by atoms with E-state index in [4.69, 9.17) is 25.3 Å². The predicted molar refractivity (Wildman–Crippen MR) is 214 cm³/mol. The first kappa shape index (κ1) is 39.4. The van der Waals surface area contributed by atoms with Crippen LogP contribution >= 0.6 is 0 Å². The molecule has 2 bridgehead atoms. The molecule has 0 radical (unpaired) electrons. The Bertz CT molecular complexity index is 1780. The van der Waals surface area contributed by atoms with Gasteiger partial charge in [-0.05, 0) is 96.8 Å². The molecule has 12 atom stereocenters. The van der Waals surface area contributed by atoms with Crippen molar-refractivity contribution in [2.45, 2.75) is 125 Å². The standard InChI is InChI=1S/C46H68N4O4/c1-28(2)31(6)41(7)21-22-43(9)33-17-18-36-42(8)24-53-26-46(36,34(33)19-20-44(43,10)37(41)40(51)52)23-35(38(42)54-25-45(11,47)29(3)4)50-39(48-27-49-50)30(5)32-15-13-12-14-16-32/h12-16,19,27-29,31,33,35-38H,5,17-18,20-26,47H2,1-4,6-11H3,(H,51,52)/t31-,33+,35-,36+,37-,38+,41-,42-,43-,44+,45+,46+/m1/s1. The molecule has 1 aromatic carbocycles. The zero-order valence-electron chi connectivity index (χ0n) is 34.8. The minimum absolute atomic E-state index is 0.134. The average Bonchev–Trinajstić information content (AvgIpc) is 3.61. The van der Waals surface area contributed by atoms with Gasteiger partial charge in [-0.1, -0.05) is 111 Å². The monoisotopic (exact) mass is 741 g/mol. The number of aliphatic carboxylic acids is 1. The SMILES string of the molecule is C=C(c1ccccc1)c1ncnn1[C@@H]1C[C@@]23COC[C@](C)([C@@H]2CC[C@H]2C3=CC[C@@]3(C)[C@H](C(=O)O)[C@@](C)([C@H](C)C(C)C)CC[C@]23C)[C@H]1OC[C@](C)(N)C(C)C. The first-order chi connectivity index (χ1) is 25.3. The Labute approximate surface area is 324 Å². The van der Waals surface area contributed by atoms with Gasteiger partial charge in [-0.15, -0.1) is 0 Å². The number of ether oxygens (including phenoxy) is 2. The molecule has 1 aromatic heterocycles. The lowest BCUT2D eigenvalue weighted by Crippen LogP contribution is -2.69. The van der Waals surface area contributed by atoms with Gasteiger partial charge >= 0.3 is 5.97 Å². The van der Waals surface area contributed by atoms with E-state index in [9.17, 15) is 9.90 Å². The molecule has 296 valence electrons. The van der Waals surface area contributed by atoms with Gasteiger partial charge in [-0.3, -0.25) is 4.79 Å². The summed E-state index contributed by atoms with van der Waals surface area (Å²) in [4.78, 5) is 18.4. The summed E-state index contributed by atoms with van der Waals surface area (Å²) < 4.78 is 16.1. The first-order valence-corrected chi connectivity index (χ1v) is 20.8. The molecular weight excluding hydrogens is 673 g/mol. The Morgan fingerprint density at radius 2 is 1.78 bits per heavy atom. The van der Waals surface area contributed by atoms with Gasteiger partial charge in [-0.2, -0.15) is 5.10 Å². The molecule has 3 N–H and O–H groups in total. The third-order valence-corrected chi connectivity index (χ3v) is 17.3. The summed E-state index contributed by atoms with van der Waals surface area (Å²) in [6, 6.07) is 10.1. The van der Waals surface area contributed by atoms with Gasteiger partial charge in [0.05, 0.1) is 37.9 Å². The van der Waals surface area contributed by atoms with Crippen LogP contribution in [0.2, 0.25) is 0 Å². The summed E-state index contributed by atoms with van der Waals surface area (Å²) >= 11 is 0. The van der Waals surface area contributed by atoms with Crippen molar-refractivity contribution in [3.05, 3.63) is 66.3 Å². The third-order valence-electron chi connectivity index (χ3n) is 17.3. The van der Waals surface area contributed by atoms with E-state index in [1.807, 2.05) is 18.2 Å². The molecule has 0 spiro atoms. The second-order valence-corrected chi connectivity index (χ2v) is 20.4. The number of hydrogen-bond donors (Lipinski definition) is 2. The summed E-state index contributed by atoms with van der Waals surface area (Å²) in [5.74, 6) is 1.28. The Morgan fingerprint density at radius 1 is 1.07 bits per heavy atom. The molecule has 5 aliphatic rings. The molecule has 2 heterocycles. The molecule has 0 amide bonds. The summed E-state index contributed by atoms with van der Waals surface area (Å²) in [6.45, 7) is 28.9. The zero-order valence-corrected chi connectivity index (χ0v) is 34.8. The fourth-order valence-electron chi connectivity index (χ4n) is 13.0. The van der Waals surface area contributed by atoms with Gasteiger partial charge in [0, 0.05) is 21.9 Å².